The molecule has 1 aromatic rings. The molecule has 0 aromatic carbocycles. The van der Waals surface area contributed by atoms with Crippen LogP contribution in [0.25, 0.3) is 0 Å². The molecular weight excluding hydrogens is 190 g/mol. The van der Waals surface area contributed by atoms with Crippen LogP contribution in [0.4, 0.5) is 5.69 Å². The van der Waals surface area contributed by atoms with Crippen molar-refractivity contribution in [2.24, 2.45) is 0 Å². The fraction of sp³-hybridized carbons (Fsp3) is 0.545. The van der Waals surface area contributed by atoms with Crippen LogP contribution >= 0.6 is 0 Å². The predicted molar refractivity (Wildman–Crippen MR) is 65.7 cm³/mol. The lowest BCUT2D eigenvalue weighted by molar-refractivity contribution is 0.484. The van der Waals surface area contributed by atoms with Crippen molar-refractivity contribution in [3.63, 3.8) is 0 Å². The molecular formula is C11H21N3O. The highest BCUT2D eigenvalue weighted by Crippen LogP contribution is 2.14. The minimum absolute atomic E-state index is 0. The van der Waals surface area contributed by atoms with Crippen LogP contribution in [0.15, 0.2) is 16.9 Å². The molecule has 0 unspecified atom stereocenters. The highest BCUT2D eigenvalue weighted by molar-refractivity contribution is 5.47. The van der Waals surface area contributed by atoms with Gasteiger partial charge in [0.2, 0.25) is 5.56 Å². The summed E-state index contributed by atoms with van der Waals surface area (Å²) in [7, 11) is 0. The molecule has 86 valence electrons. The normalized spacial score (nSPS) is 21.7. The van der Waals surface area contributed by atoms with Crippen molar-refractivity contribution in [3.05, 3.63) is 28.2 Å². The van der Waals surface area contributed by atoms with Gasteiger partial charge >= 0.3 is 0 Å². The lowest BCUT2D eigenvalue weighted by atomic mass is 10.2. The molecule has 0 spiro atoms. The van der Waals surface area contributed by atoms with E-state index in [9.17, 15) is 4.79 Å². The molecule has 4 nitrogen and oxygen atoms in total. The maximum Gasteiger partial charge on any atom is 0.250 e. The van der Waals surface area contributed by atoms with E-state index < -0.39 is 0 Å². The molecule has 0 amide bonds. The van der Waals surface area contributed by atoms with E-state index in [4.69, 9.17) is 0 Å². The molecule has 1 aliphatic heterocycles. The van der Waals surface area contributed by atoms with E-state index in [1.807, 2.05) is 13.0 Å². The van der Waals surface area contributed by atoms with E-state index in [-0.39, 0.29) is 8.41 Å². The smallest absolute Gasteiger partial charge is 0.250 e. The molecule has 0 radical (unpaired) electrons. The first-order valence-electron chi connectivity index (χ1n) is 5.34. The van der Waals surface area contributed by atoms with E-state index in [0.29, 0.717) is 6.04 Å². The van der Waals surface area contributed by atoms with Gasteiger partial charge in [-0.25, -0.2) is 0 Å². The number of piperazine rings is 1. The molecule has 1 fully saturated rings. The van der Waals surface area contributed by atoms with E-state index in [1.54, 1.807) is 6.07 Å². The van der Waals surface area contributed by atoms with E-state index >= 15 is 0 Å². The summed E-state index contributed by atoms with van der Waals surface area (Å²) in [5.41, 5.74) is 1.93. The number of aryl methyl sites for hydroxylation is 1. The number of rotatable bonds is 1. The van der Waals surface area contributed by atoms with Crippen LogP contribution in [0.2, 0.25) is 0 Å². The van der Waals surface area contributed by atoms with Gasteiger partial charge in [-0.3, -0.25) is 4.79 Å². The number of hydrogen-bond donors (Lipinski definition) is 2. The number of anilines is 1. The number of aromatic amines is 1. The average molecular weight is 211 g/mol. The molecule has 15 heavy (non-hydrogen) atoms. The maximum atomic E-state index is 11.3. The molecule has 1 saturated heterocycles. The molecule has 0 bridgehead atoms. The Labute approximate surface area is 92.3 Å². The zero-order valence-corrected chi connectivity index (χ0v) is 9.21. The van der Waals surface area contributed by atoms with Gasteiger partial charge in [0.05, 0.1) is 0 Å². The van der Waals surface area contributed by atoms with Crippen LogP contribution < -0.4 is 15.8 Å². The predicted octanol–water partition coefficient (Wildman–Crippen LogP) is 0.973. The van der Waals surface area contributed by atoms with Gasteiger partial charge in [-0.05, 0) is 19.9 Å². The third-order valence-corrected chi connectivity index (χ3v) is 2.70. The van der Waals surface area contributed by atoms with Gasteiger partial charge in [-0.2, -0.15) is 0 Å². The molecule has 1 aliphatic rings. The Hall–Kier alpha value is -1.29. The van der Waals surface area contributed by atoms with Crippen molar-refractivity contribution in [2.45, 2.75) is 19.9 Å². The Morgan fingerprint density at radius 2 is 2.33 bits per heavy atom. The van der Waals surface area contributed by atoms with Gasteiger partial charge in [0.25, 0.3) is 0 Å². The first-order chi connectivity index (χ1) is 7.15. The number of hydrogen-bond acceptors (Lipinski definition) is 3. The molecule has 1 aromatic heterocycles. The van der Waals surface area contributed by atoms with Crippen LogP contribution in [0.3, 0.4) is 0 Å². The second-order valence-corrected chi connectivity index (χ2v) is 4.19. The Kier molecular flexibility index (Phi) is 2.77. The monoisotopic (exact) mass is 211 g/mol. The standard InChI is InChI=1S/C11H17N3O.2H2/c1-8-5-10(6-11(15)13-8)14-4-3-12-9(2)7-14;;/h5-6,9,12H,3-4,7H2,1-2H3,(H,13,15);2*1H/t9-;;/m1../s1. The number of aromatic nitrogens is 1. The molecule has 0 saturated carbocycles. The summed E-state index contributed by atoms with van der Waals surface area (Å²) < 4.78 is 0. The van der Waals surface area contributed by atoms with Crippen LogP contribution in [-0.4, -0.2) is 30.7 Å². The van der Waals surface area contributed by atoms with Crippen molar-refractivity contribution < 1.29 is 2.85 Å². The first-order valence-corrected chi connectivity index (χ1v) is 5.34. The van der Waals surface area contributed by atoms with Crippen molar-refractivity contribution in [2.75, 3.05) is 24.5 Å². The van der Waals surface area contributed by atoms with Gasteiger partial charge in [-0.15, -0.1) is 0 Å². The van der Waals surface area contributed by atoms with Crippen molar-refractivity contribution in [3.8, 4) is 0 Å². The molecule has 2 N–H and O–H groups in total. The zero-order chi connectivity index (χ0) is 10.8. The van der Waals surface area contributed by atoms with Crippen LogP contribution in [0, 0.1) is 6.92 Å². The maximum absolute atomic E-state index is 11.3. The zero-order valence-electron chi connectivity index (χ0n) is 9.21. The summed E-state index contributed by atoms with van der Waals surface area (Å²) >= 11 is 0. The Morgan fingerprint density at radius 1 is 1.53 bits per heavy atom. The quantitative estimate of drug-likeness (QED) is 0.728. The van der Waals surface area contributed by atoms with Gasteiger partial charge in [0.15, 0.2) is 0 Å². The summed E-state index contributed by atoms with van der Waals surface area (Å²) in [5.74, 6) is 0. The third kappa shape index (κ3) is 2.39. The number of H-pyrrole nitrogens is 1. The number of nitrogens with zero attached hydrogens (tertiary/aromatic N) is 1. The Bertz CT molecular complexity index is 408. The molecule has 2 heterocycles. The van der Waals surface area contributed by atoms with Crippen molar-refractivity contribution in [1.82, 2.24) is 10.3 Å². The van der Waals surface area contributed by atoms with E-state index in [1.165, 1.54) is 0 Å². The summed E-state index contributed by atoms with van der Waals surface area (Å²) in [6.07, 6.45) is 0. The lowest BCUT2D eigenvalue weighted by Gasteiger charge is -2.33. The van der Waals surface area contributed by atoms with Crippen LogP contribution in [0.5, 0.6) is 0 Å². The van der Waals surface area contributed by atoms with Gasteiger partial charge in [0.1, 0.15) is 0 Å². The van der Waals surface area contributed by atoms with Crippen molar-refractivity contribution >= 4 is 5.69 Å². The third-order valence-electron chi connectivity index (χ3n) is 2.70. The van der Waals surface area contributed by atoms with Crippen LogP contribution in [0.1, 0.15) is 15.5 Å². The molecule has 1 atom stereocenters. The number of nitrogens with one attached hydrogen (secondary N) is 2. The fourth-order valence-corrected chi connectivity index (χ4v) is 2.01. The first kappa shape index (κ1) is 10.2. The van der Waals surface area contributed by atoms with Gasteiger partial charge < -0.3 is 15.2 Å². The highest BCUT2D eigenvalue weighted by Gasteiger charge is 2.16. The summed E-state index contributed by atoms with van der Waals surface area (Å²) in [5, 5.41) is 3.38. The minimum Gasteiger partial charge on any atom is -0.368 e. The summed E-state index contributed by atoms with van der Waals surface area (Å²) in [6, 6.07) is 4.18. The molecule has 0 aliphatic carbocycles. The van der Waals surface area contributed by atoms with E-state index in [0.717, 1.165) is 31.0 Å². The Balaban J connectivity index is 0.00000128. The highest BCUT2D eigenvalue weighted by atomic mass is 16.1. The minimum atomic E-state index is -0.0174. The second kappa shape index (κ2) is 4.06. The summed E-state index contributed by atoms with van der Waals surface area (Å²) in [6.45, 7) is 6.98. The van der Waals surface area contributed by atoms with Crippen molar-refractivity contribution in [1.29, 1.82) is 0 Å². The molecule has 2 rings (SSSR count). The topological polar surface area (TPSA) is 48.1 Å². The van der Waals surface area contributed by atoms with E-state index in [2.05, 4.69) is 22.1 Å². The van der Waals surface area contributed by atoms with Gasteiger partial charge in [-0.1, -0.05) is 0 Å². The number of pyridine rings is 1. The van der Waals surface area contributed by atoms with Gasteiger partial charge in [0, 0.05) is 46.0 Å². The van der Waals surface area contributed by atoms with Crippen LogP contribution in [-0.2, 0) is 0 Å². The Morgan fingerprint density at radius 3 is 3.00 bits per heavy atom. The lowest BCUT2D eigenvalue weighted by Crippen LogP contribution is -2.49. The summed E-state index contributed by atoms with van der Waals surface area (Å²) in [4.78, 5) is 16.4. The molecule has 4 heteroatoms. The average Bonchev–Trinajstić information content (AvgIpc) is 2.16. The second-order valence-electron chi connectivity index (χ2n) is 4.19. The fourth-order valence-electron chi connectivity index (χ4n) is 2.01. The largest absolute Gasteiger partial charge is 0.368 e. The SMILES string of the molecule is Cc1cc(N2CCN[C@H](C)C2)cc(=O)[nH]1.[HH].[HH].